The summed E-state index contributed by atoms with van der Waals surface area (Å²) >= 11 is 1.44. The topological polar surface area (TPSA) is 92.4 Å². The van der Waals surface area contributed by atoms with Crippen molar-refractivity contribution in [3.05, 3.63) is 42.3 Å². The molecule has 24 heavy (non-hydrogen) atoms. The number of oxazole rings is 1. The maximum absolute atomic E-state index is 11.7. The maximum atomic E-state index is 11.7. The van der Waals surface area contributed by atoms with Gasteiger partial charge in [-0.3, -0.25) is 9.59 Å². The molecule has 1 unspecified atom stereocenters. The second kappa shape index (κ2) is 9.12. The van der Waals surface area contributed by atoms with Crippen molar-refractivity contribution in [2.75, 3.05) is 12.3 Å². The molecule has 1 heterocycles. The zero-order chi connectivity index (χ0) is 17.4. The molecule has 2 aromatic rings. The van der Waals surface area contributed by atoms with Crippen molar-refractivity contribution >= 4 is 23.6 Å². The molecule has 0 radical (unpaired) electrons. The molecular formula is C17H20N2O4S. The first kappa shape index (κ1) is 18.1. The third kappa shape index (κ3) is 6.08. The van der Waals surface area contributed by atoms with Crippen molar-refractivity contribution in [3.8, 4) is 11.5 Å². The van der Waals surface area contributed by atoms with Gasteiger partial charge in [0.2, 0.25) is 11.8 Å². The van der Waals surface area contributed by atoms with Crippen LogP contribution in [0.25, 0.3) is 11.5 Å². The molecule has 0 aliphatic carbocycles. The van der Waals surface area contributed by atoms with Gasteiger partial charge in [0.15, 0.2) is 0 Å². The Balaban J connectivity index is 1.70. The summed E-state index contributed by atoms with van der Waals surface area (Å²) in [5.74, 6) is 0.399. The largest absolute Gasteiger partial charge is 0.481 e. The van der Waals surface area contributed by atoms with E-state index in [-0.39, 0.29) is 18.2 Å². The minimum absolute atomic E-state index is 0.0502. The van der Waals surface area contributed by atoms with Gasteiger partial charge < -0.3 is 14.8 Å². The zero-order valence-electron chi connectivity index (χ0n) is 13.4. The smallest absolute Gasteiger partial charge is 0.303 e. The summed E-state index contributed by atoms with van der Waals surface area (Å²) in [7, 11) is 0. The van der Waals surface area contributed by atoms with Crippen LogP contribution < -0.4 is 5.32 Å². The Hall–Kier alpha value is -2.28. The van der Waals surface area contributed by atoms with Crippen LogP contribution in [-0.2, 0) is 15.3 Å². The van der Waals surface area contributed by atoms with Gasteiger partial charge in [-0.25, -0.2) is 4.98 Å². The number of nitrogens with zero attached hydrogens (tertiary/aromatic N) is 1. The van der Waals surface area contributed by atoms with Gasteiger partial charge in [-0.15, -0.1) is 11.8 Å². The molecule has 0 fully saturated rings. The Morgan fingerprint density at radius 1 is 1.33 bits per heavy atom. The first-order valence-electron chi connectivity index (χ1n) is 7.60. The average Bonchev–Trinajstić information content (AvgIpc) is 3.02. The van der Waals surface area contributed by atoms with E-state index in [1.54, 1.807) is 13.2 Å². The van der Waals surface area contributed by atoms with Gasteiger partial charge in [0.25, 0.3) is 0 Å². The molecular weight excluding hydrogens is 328 g/mol. The number of carboxylic acids is 1. The lowest BCUT2D eigenvalue weighted by Gasteiger charge is -2.09. The number of carbonyl (C=O) groups is 2. The number of rotatable bonds is 9. The number of benzene rings is 1. The highest BCUT2D eigenvalue weighted by molar-refractivity contribution is 7.99. The van der Waals surface area contributed by atoms with Crippen LogP contribution >= 0.6 is 11.8 Å². The minimum atomic E-state index is -0.855. The summed E-state index contributed by atoms with van der Waals surface area (Å²) in [5.41, 5.74) is 1.70. The number of carbonyl (C=O) groups excluding carboxylic acids is 1. The van der Waals surface area contributed by atoms with Gasteiger partial charge in [0.1, 0.15) is 6.26 Å². The zero-order valence-corrected chi connectivity index (χ0v) is 14.2. The van der Waals surface area contributed by atoms with Crippen molar-refractivity contribution in [1.82, 2.24) is 10.3 Å². The normalized spacial score (nSPS) is 11.9. The quantitative estimate of drug-likeness (QED) is 0.724. The summed E-state index contributed by atoms with van der Waals surface area (Å²) in [5, 5.41) is 11.4. The molecule has 2 rings (SSSR count). The standard InChI is InChI=1S/C17H20N2O4S/c1-12(7-16(21)22)8-18-15(20)11-24-10-14-9-23-17(19-14)13-5-3-2-4-6-13/h2-6,9,12H,7-8,10-11H2,1H3,(H,18,20)(H,21,22). The Morgan fingerprint density at radius 3 is 2.79 bits per heavy atom. The van der Waals surface area contributed by atoms with Gasteiger partial charge >= 0.3 is 5.97 Å². The Kier molecular flexibility index (Phi) is 6.87. The summed E-state index contributed by atoms with van der Waals surface area (Å²) in [4.78, 5) is 26.7. The van der Waals surface area contributed by atoms with Crippen LogP contribution in [0.5, 0.6) is 0 Å². The molecule has 0 spiro atoms. The van der Waals surface area contributed by atoms with E-state index in [4.69, 9.17) is 9.52 Å². The summed E-state index contributed by atoms with van der Waals surface area (Å²) in [6, 6.07) is 9.62. The number of hydrogen-bond donors (Lipinski definition) is 2. The lowest BCUT2D eigenvalue weighted by Crippen LogP contribution is -2.30. The third-order valence-corrected chi connectivity index (χ3v) is 4.19. The highest BCUT2D eigenvalue weighted by atomic mass is 32.2. The Bertz CT molecular complexity index is 672. The van der Waals surface area contributed by atoms with E-state index >= 15 is 0 Å². The number of thioether (sulfide) groups is 1. The monoisotopic (exact) mass is 348 g/mol. The lowest BCUT2D eigenvalue weighted by atomic mass is 10.1. The first-order chi connectivity index (χ1) is 11.5. The van der Waals surface area contributed by atoms with E-state index in [1.807, 2.05) is 30.3 Å². The van der Waals surface area contributed by atoms with E-state index in [0.717, 1.165) is 11.3 Å². The molecule has 128 valence electrons. The highest BCUT2D eigenvalue weighted by Gasteiger charge is 2.10. The third-order valence-electron chi connectivity index (χ3n) is 3.23. The van der Waals surface area contributed by atoms with Gasteiger partial charge in [-0.1, -0.05) is 25.1 Å². The van der Waals surface area contributed by atoms with Gasteiger partial charge in [0, 0.05) is 24.3 Å². The van der Waals surface area contributed by atoms with E-state index < -0.39 is 5.97 Å². The van der Waals surface area contributed by atoms with E-state index in [2.05, 4.69) is 10.3 Å². The van der Waals surface area contributed by atoms with Crippen molar-refractivity contribution in [2.24, 2.45) is 5.92 Å². The lowest BCUT2D eigenvalue weighted by molar-refractivity contribution is -0.138. The van der Waals surface area contributed by atoms with E-state index in [0.29, 0.717) is 23.9 Å². The second-order valence-electron chi connectivity index (χ2n) is 5.51. The van der Waals surface area contributed by atoms with Crippen LogP contribution in [-0.4, -0.2) is 34.3 Å². The molecule has 0 saturated carbocycles. The fourth-order valence-electron chi connectivity index (χ4n) is 2.04. The molecule has 7 heteroatoms. The molecule has 2 N–H and O–H groups in total. The molecule has 6 nitrogen and oxygen atoms in total. The second-order valence-corrected chi connectivity index (χ2v) is 6.50. The number of carboxylic acid groups (broad SMARTS) is 1. The fourth-order valence-corrected chi connectivity index (χ4v) is 2.78. The molecule has 0 aliphatic rings. The molecule has 1 amide bonds. The molecule has 0 bridgehead atoms. The van der Waals surface area contributed by atoms with Crippen LogP contribution in [0.4, 0.5) is 0 Å². The predicted octanol–water partition coefficient (Wildman–Crippen LogP) is 2.80. The number of hydrogen-bond acceptors (Lipinski definition) is 5. The van der Waals surface area contributed by atoms with Crippen molar-refractivity contribution in [2.45, 2.75) is 19.1 Å². The molecule has 1 aromatic carbocycles. The van der Waals surface area contributed by atoms with Gasteiger partial charge in [-0.05, 0) is 18.1 Å². The van der Waals surface area contributed by atoms with Crippen molar-refractivity contribution < 1.29 is 19.1 Å². The number of aliphatic carboxylic acids is 1. The summed E-state index contributed by atoms with van der Waals surface area (Å²) in [6.07, 6.45) is 1.65. The van der Waals surface area contributed by atoms with Gasteiger partial charge in [0.05, 0.1) is 11.4 Å². The molecule has 0 aliphatic heterocycles. The number of nitrogens with one attached hydrogen (secondary N) is 1. The minimum Gasteiger partial charge on any atom is -0.481 e. The number of aromatic nitrogens is 1. The van der Waals surface area contributed by atoms with Crippen LogP contribution in [0.3, 0.4) is 0 Å². The van der Waals surface area contributed by atoms with E-state index in [9.17, 15) is 9.59 Å². The van der Waals surface area contributed by atoms with Crippen LogP contribution in [0.1, 0.15) is 19.0 Å². The first-order valence-corrected chi connectivity index (χ1v) is 8.76. The average molecular weight is 348 g/mol. The van der Waals surface area contributed by atoms with Crippen LogP contribution in [0.2, 0.25) is 0 Å². The number of amides is 1. The van der Waals surface area contributed by atoms with Crippen LogP contribution in [0, 0.1) is 5.92 Å². The predicted molar refractivity (Wildman–Crippen MR) is 92.5 cm³/mol. The maximum Gasteiger partial charge on any atom is 0.303 e. The Labute approximate surface area is 144 Å². The summed E-state index contributed by atoms with van der Waals surface area (Å²) in [6.45, 7) is 2.16. The summed E-state index contributed by atoms with van der Waals surface area (Å²) < 4.78 is 5.44. The van der Waals surface area contributed by atoms with Gasteiger partial charge in [-0.2, -0.15) is 0 Å². The van der Waals surface area contributed by atoms with Crippen molar-refractivity contribution in [1.29, 1.82) is 0 Å². The fraction of sp³-hybridized carbons (Fsp3) is 0.353. The van der Waals surface area contributed by atoms with E-state index in [1.165, 1.54) is 11.8 Å². The highest BCUT2D eigenvalue weighted by Crippen LogP contribution is 2.20. The molecule has 1 aromatic heterocycles. The Morgan fingerprint density at radius 2 is 2.08 bits per heavy atom. The molecule has 0 saturated heterocycles. The van der Waals surface area contributed by atoms with Crippen LogP contribution in [0.15, 0.2) is 41.0 Å². The molecule has 1 atom stereocenters. The van der Waals surface area contributed by atoms with Crippen molar-refractivity contribution in [3.63, 3.8) is 0 Å². The SMILES string of the molecule is CC(CNC(=O)CSCc1coc(-c2ccccc2)n1)CC(=O)O.